The van der Waals surface area contributed by atoms with Gasteiger partial charge in [-0.3, -0.25) is 13.8 Å². The number of rotatable bonds is 9. The lowest BCUT2D eigenvalue weighted by molar-refractivity contribution is -0.172. The van der Waals surface area contributed by atoms with Gasteiger partial charge in [0.05, 0.1) is 12.7 Å². The predicted octanol–water partition coefficient (Wildman–Crippen LogP) is 2.68. The van der Waals surface area contributed by atoms with Gasteiger partial charge in [-0.1, -0.05) is 91.0 Å². The zero-order valence-corrected chi connectivity index (χ0v) is 23.2. The first-order chi connectivity index (χ1) is 19.2. The number of β-lactam (4-membered cyclic amide) rings is 1. The Bertz CT molecular complexity index is 1430. The minimum atomic E-state index is -3.95. The molecular formula is C29H28N2O7S2. The van der Waals surface area contributed by atoms with Crippen LogP contribution in [0.15, 0.2) is 91.0 Å². The molecule has 0 aliphatic carbocycles. The van der Waals surface area contributed by atoms with Crippen molar-refractivity contribution in [2.75, 3.05) is 12.0 Å². The predicted molar refractivity (Wildman–Crippen MR) is 149 cm³/mol. The minimum absolute atomic E-state index is 0.100. The zero-order chi connectivity index (χ0) is 28.3. The molecule has 0 bridgehead atoms. The van der Waals surface area contributed by atoms with E-state index in [2.05, 4.69) is 5.32 Å². The largest absolute Gasteiger partial charge is 0.451 e. The zero-order valence-electron chi connectivity index (χ0n) is 21.6. The Labute approximate surface area is 237 Å². The number of benzene rings is 3. The maximum Gasteiger partial charge on any atom is 0.332 e. The summed E-state index contributed by atoms with van der Waals surface area (Å²) in [6.07, 6.45) is -0.947. The number of fused-ring (bicyclic) bond motifs is 1. The molecule has 2 heterocycles. The van der Waals surface area contributed by atoms with Crippen LogP contribution in [0.5, 0.6) is 0 Å². The molecule has 5 rings (SSSR count). The molecule has 3 aromatic rings. The smallest absolute Gasteiger partial charge is 0.332 e. The summed E-state index contributed by atoms with van der Waals surface area (Å²) >= 11 is 1.25. The number of hydrogen-bond donors (Lipinski definition) is 1. The summed E-state index contributed by atoms with van der Waals surface area (Å²) in [6, 6.07) is 25.2. The molecule has 3 aromatic carbocycles. The third-order valence-electron chi connectivity index (χ3n) is 6.67. The van der Waals surface area contributed by atoms with E-state index in [0.717, 1.165) is 11.8 Å². The van der Waals surface area contributed by atoms with Crippen LogP contribution in [-0.4, -0.2) is 66.7 Å². The van der Waals surface area contributed by atoms with Gasteiger partial charge in [-0.2, -0.15) is 8.42 Å². The number of nitrogens with zero attached hydrogens (tertiary/aromatic N) is 1. The third kappa shape index (κ3) is 6.22. The first kappa shape index (κ1) is 27.9. The van der Waals surface area contributed by atoms with Gasteiger partial charge in [0.1, 0.15) is 17.5 Å². The van der Waals surface area contributed by atoms with Crippen LogP contribution >= 0.6 is 11.8 Å². The van der Waals surface area contributed by atoms with Crippen LogP contribution in [0.1, 0.15) is 22.8 Å². The van der Waals surface area contributed by atoms with Gasteiger partial charge in [0.25, 0.3) is 10.1 Å². The van der Waals surface area contributed by atoms with E-state index in [1.165, 1.54) is 16.7 Å². The van der Waals surface area contributed by atoms with Crippen molar-refractivity contribution in [3.8, 4) is 0 Å². The SMILES string of the molecule is CS(=O)(=O)O[C@H]1CS[C@@H]2[C@H](NC(=O)Cc3ccccc3)C(=O)N2[C@H]1C(=O)OC(c1ccccc1)c1ccccc1. The molecule has 0 aromatic heterocycles. The normalized spacial score (nSPS) is 22.2. The Morgan fingerprint density at radius 1 is 0.950 bits per heavy atom. The average molecular weight is 581 g/mol. The number of carbonyl (C=O) groups is 3. The highest BCUT2D eigenvalue weighted by atomic mass is 32.2. The highest BCUT2D eigenvalue weighted by Crippen LogP contribution is 2.41. The number of nitrogens with one attached hydrogen (secondary N) is 1. The minimum Gasteiger partial charge on any atom is -0.451 e. The quantitative estimate of drug-likeness (QED) is 0.233. The molecule has 2 amide bonds. The molecule has 0 saturated carbocycles. The van der Waals surface area contributed by atoms with Crippen LogP contribution in [-0.2, 0) is 39.8 Å². The van der Waals surface area contributed by atoms with E-state index in [0.29, 0.717) is 11.1 Å². The Hall–Kier alpha value is -3.67. The van der Waals surface area contributed by atoms with Crippen LogP contribution in [0, 0.1) is 0 Å². The van der Waals surface area contributed by atoms with Gasteiger partial charge in [-0.05, 0) is 16.7 Å². The van der Waals surface area contributed by atoms with Crippen LogP contribution in [0.25, 0.3) is 0 Å². The van der Waals surface area contributed by atoms with Crippen LogP contribution in [0.2, 0.25) is 0 Å². The van der Waals surface area contributed by atoms with Crippen molar-refractivity contribution in [3.05, 3.63) is 108 Å². The fraction of sp³-hybridized carbons (Fsp3) is 0.276. The van der Waals surface area contributed by atoms with Crippen molar-refractivity contribution in [2.24, 2.45) is 0 Å². The molecule has 4 atom stereocenters. The van der Waals surface area contributed by atoms with Gasteiger partial charge in [0.15, 0.2) is 12.1 Å². The van der Waals surface area contributed by atoms with E-state index < -0.39 is 51.7 Å². The molecule has 2 aliphatic heterocycles. The monoisotopic (exact) mass is 580 g/mol. The molecular weight excluding hydrogens is 552 g/mol. The van der Waals surface area contributed by atoms with Gasteiger partial charge < -0.3 is 15.0 Å². The molecule has 2 fully saturated rings. The van der Waals surface area contributed by atoms with Crippen LogP contribution in [0.3, 0.4) is 0 Å². The highest BCUT2D eigenvalue weighted by molar-refractivity contribution is 8.00. The molecule has 208 valence electrons. The van der Waals surface area contributed by atoms with E-state index >= 15 is 0 Å². The standard InChI is InChI=1S/C29H28N2O7S2/c1-40(35,36)38-22-18-39-28-24(30-23(32)17-19-11-5-2-6-12-19)27(33)31(28)25(22)29(34)37-26(20-13-7-3-8-14-20)21-15-9-4-10-16-21/h2-16,22,24-26,28H,17-18H2,1H3,(H,30,32)/t22-,24+,25+,28+/m0/s1. The third-order valence-corrected chi connectivity index (χ3v) is 8.62. The summed E-state index contributed by atoms with van der Waals surface area (Å²) in [5, 5.41) is 2.19. The van der Waals surface area contributed by atoms with Crippen molar-refractivity contribution in [2.45, 2.75) is 36.1 Å². The number of thioether (sulfide) groups is 1. The van der Waals surface area contributed by atoms with Crippen molar-refractivity contribution in [1.29, 1.82) is 0 Å². The van der Waals surface area contributed by atoms with Gasteiger partial charge in [0, 0.05) is 5.75 Å². The number of carbonyl (C=O) groups excluding carboxylic acids is 3. The molecule has 40 heavy (non-hydrogen) atoms. The van der Waals surface area contributed by atoms with E-state index in [-0.39, 0.29) is 18.1 Å². The molecule has 0 radical (unpaired) electrons. The fourth-order valence-corrected chi connectivity index (χ4v) is 7.02. The number of esters is 1. The topological polar surface area (TPSA) is 119 Å². The Balaban J connectivity index is 1.38. The van der Waals surface area contributed by atoms with Gasteiger partial charge >= 0.3 is 5.97 Å². The summed E-state index contributed by atoms with van der Waals surface area (Å²) < 4.78 is 35.4. The van der Waals surface area contributed by atoms with Crippen molar-refractivity contribution >= 4 is 39.7 Å². The van der Waals surface area contributed by atoms with Crippen LogP contribution < -0.4 is 5.32 Å². The number of ether oxygens (including phenoxy) is 1. The molecule has 0 spiro atoms. The Morgan fingerprint density at radius 2 is 1.50 bits per heavy atom. The maximum atomic E-state index is 13.8. The van der Waals surface area contributed by atoms with E-state index in [4.69, 9.17) is 8.92 Å². The average Bonchev–Trinajstić information content (AvgIpc) is 2.95. The summed E-state index contributed by atoms with van der Waals surface area (Å²) in [4.78, 5) is 41.0. The first-order valence-electron chi connectivity index (χ1n) is 12.7. The lowest BCUT2D eigenvalue weighted by atomic mass is 9.98. The Morgan fingerprint density at radius 3 is 2.05 bits per heavy atom. The molecule has 0 unspecified atom stereocenters. The molecule has 2 aliphatic rings. The summed E-state index contributed by atoms with van der Waals surface area (Å²) in [5.41, 5.74) is 2.23. The lowest BCUT2D eigenvalue weighted by Crippen LogP contribution is -2.77. The lowest BCUT2D eigenvalue weighted by Gasteiger charge is -2.54. The summed E-state index contributed by atoms with van der Waals surface area (Å²) in [5.74, 6) is -1.52. The second-order valence-corrected chi connectivity index (χ2v) is 12.3. The number of amides is 2. The molecule has 2 saturated heterocycles. The second kappa shape index (κ2) is 11.8. The van der Waals surface area contributed by atoms with Crippen LogP contribution in [0.4, 0.5) is 0 Å². The van der Waals surface area contributed by atoms with E-state index in [1.807, 2.05) is 91.0 Å². The molecule has 1 N–H and O–H groups in total. The first-order valence-corrected chi connectivity index (χ1v) is 15.5. The van der Waals surface area contributed by atoms with Crippen molar-refractivity contribution < 1.29 is 31.7 Å². The van der Waals surface area contributed by atoms with E-state index in [9.17, 15) is 22.8 Å². The van der Waals surface area contributed by atoms with Gasteiger partial charge in [-0.25, -0.2) is 4.79 Å². The second-order valence-electron chi connectivity index (χ2n) is 9.60. The summed E-state index contributed by atoms with van der Waals surface area (Å²) in [6.45, 7) is 0. The Kier molecular flexibility index (Phi) is 8.24. The van der Waals surface area contributed by atoms with Gasteiger partial charge in [-0.15, -0.1) is 11.8 Å². The number of hydrogen-bond acceptors (Lipinski definition) is 8. The molecule has 9 nitrogen and oxygen atoms in total. The maximum absolute atomic E-state index is 13.8. The van der Waals surface area contributed by atoms with Gasteiger partial charge in [0.2, 0.25) is 11.8 Å². The van der Waals surface area contributed by atoms with Crippen molar-refractivity contribution in [1.82, 2.24) is 10.2 Å². The fourth-order valence-electron chi connectivity index (χ4n) is 4.90. The summed E-state index contributed by atoms with van der Waals surface area (Å²) in [7, 11) is -3.95. The van der Waals surface area contributed by atoms with E-state index in [1.54, 1.807) is 0 Å². The molecule has 11 heteroatoms. The van der Waals surface area contributed by atoms with Crippen molar-refractivity contribution in [3.63, 3.8) is 0 Å². The highest BCUT2D eigenvalue weighted by Gasteiger charge is 2.59.